The molecule has 4 aromatic carbocycles. The molecule has 8 aliphatic heterocycles. The van der Waals surface area contributed by atoms with E-state index in [-0.39, 0.29) is 98.2 Å². The van der Waals surface area contributed by atoms with Gasteiger partial charge in [-0.05, 0) is 183 Å². The molecule has 2 amide bonds. The number of rotatable bonds is 11. The molecule has 7 N–H and O–H groups in total. The van der Waals surface area contributed by atoms with Gasteiger partial charge in [-0.25, -0.2) is 89.6 Å². The molecule has 45 heteroatoms. The van der Waals surface area contributed by atoms with Crippen molar-refractivity contribution >= 4 is 118 Å². The summed E-state index contributed by atoms with van der Waals surface area (Å²) in [7, 11) is -0.566. The fourth-order valence-electron chi connectivity index (χ4n) is 14.8. The summed E-state index contributed by atoms with van der Waals surface area (Å²) in [5.74, 6) is -2.68. The van der Waals surface area contributed by atoms with Gasteiger partial charge in [0.25, 0.3) is 0 Å². The number of hydrogen-bond donors (Lipinski definition) is 6. The summed E-state index contributed by atoms with van der Waals surface area (Å²) in [5.41, 5.74) is 11.9. The maximum absolute atomic E-state index is 14.6. The lowest BCUT2D eigenvalue weighted by Crippen LogP contribution is -2.50. The Hall–Kier alpha value is -12.7. The number of pyridine rings is 3. The lowest BCUT2D eigenvalue weighted by Gasteiger charge is -2.36. The van der Waals surface area contributed by atoms with E-state index in [1.165, 1.54) is 18.2 Å². The van der Waals surface area contributed by atoms with Gasteiger partial charge in [0.2, 0.25) is 10.6 Å². The van der Waals surface area contributed by atoms with Gasteiger partial charge in [-0.2, -0.15) is 0 Å². The number of fused-ring (bicyclic) bond motifs is 4. The Morgan fingerprint density at radius 2 is 0.761 bits per heavy atom. The Morgan fingerprint density at radius 3 is 1.12 bits per heavy atom. The standard InChI is InChI=1S/C27H30F2N6O3.C22H22F2N6O.C14H19BFNO3.C14H22N4O2.C12H8ClF2N3O.C4HCl2FN2.ClH/c1-27(2,3)38-26(36)35-9-7-34(8-10-35)19-5-4-18(31-15-19)14-23-32-16-21(29)24(33-23)17-12-20(28)25-22(13-17)30-6-11-37-25;23-17-9-14(10-19-22(17)31-8-5-26-19)21-18(24)13-28-20(29-21)11-15-1-2-16(12-27-15)30-6-3-25-4-7-30;1-13(2)14(3,4)20-15(19-13)9-7-10(16)12-11(8-9)17-5-6-18-12;1-14(2,3)20-13(19)18-8-6-17(7-9-18)11-4-5-12(15)16-10-11;13-12-17-5-8(15)10(18-12)6-3-7(14)11-9(4-6)16-1-2-19-11;5-3-2(7)1-8-4(6)9-3;/h4-5,12-13,15-16,30H,6-11,14H2,1-3H3;1-2,9-10,12-13,25-26H,3-8,11H2;7-8,17H,5-6H2,1-4H3;4-5,10H,6-9H2,1-3H3,(H2,15,16);3-5,16H,1-2H2;1H;1H. The lowest BCUT2D eigenvalue weighted by atomic mass is 9.78. The molecule has 732 valence electrons. The molecule has 0 saturated carbocycles. The second-order valence-corrected chi connectivity index (χ2v) is 36.1. The van der Waals surface area contributed by atoms with Gasteiger partial charge < -0.3 is 94.5 Å². The van der Waals surface area contributed by atoms with E-state index in [0.717, 1.165) is 92.9 Å². The molecule has 0 bridgehead atoms. The van der Waals surface area contributed by atoms with Crippen LogP contribution in [0.15, 0.2) is 128 Å². The molecule has 19 rings (SSSR count). The number of hydrogen-bond acceptors (Lipinski definition) is 30. The summed E-state index contributed by atoms with van der Waals surface area (Å²) in [4.78, 5) is 78.4. The van der Waals surface area contributed by atoms with Crippen molar-refractivity contribution in [3.63, 3.8) is 0 Å². The van der Waals surface area contributed by atoms with Gasteiger partial charge in [-0.15, -0.1) is 12.4 Å². The molecule has 138 heavy (non-hydrogen) atoms. The van der Waals surface area contributed by atoms with Crippen LogP contribution in [0.2, 0.25) is 15.7 Å². The van der Waals surface area contributed by atoms with Crippen LogP contribution in [0.5, 0.6) is 23.0 Å². The molecule has 4 fully saturated rings. The van der Waals surface area contributed by atoms with Gasteiger partial charge in [0.05, 0.1) is 107 Å². The van der Waals surface area contributed by atoms with Crippen LogP contribution in [0.4, 0.5) is 90.3 Å². The number of nitrogens with zero attached hydrogens (tertiary/aromatic N) is 16. The van der Waals surface area contributed by atoms with Crippen LogP contribution in [0.25, 0.3) is 33.8 Å². The van der Waals surface area contributed by atoms with E-state index in [1.54, 1.807) is 46.5 Å². The molecular weight excluding hydrogens is 1890 g/mol. The van der Waals surface area contributed by atoms with Crippen LogP contribution in [-0.4, -0.2) is 237 Å². The predicted octanol–water partition coefficient (Wildman–Crippen LogP) is 15.8. The first-order valence-electron chi connectivity index (χ1n) is 44.1. The summed E-state index contributed by atoms with van der Waals surface area (Å²) < 4.78 is 156. The zero-order valence-corrected chi connectivity index (χ0v) is 80.2. The van der Waals surface area contributed by atoms with E-state index in [1.807, 2.05) is 112 Å². The number of aromatic nitrogens is 11. The molecule has 0 spiro atoms. The van der Waals surface area contributed by atoms with Crippen molar-refractivity contribution in [2.75, 3.05) is 173 Å². The highest BCUT2D eigenvalue weighted by molar-refractivity contribution is 6.62. The highest BCUT2D eigenvalue weighted by atomic mass is 35.5. The minimum Gasteiger partial charge on any atom is -0.486 e. The topological polar surface area (TPSA) is 352 Å². The molecule has 0 radical (unpaired) electrons. The average Bonchev–Trinajstić information content (AvgIpc) is 1.61. The van der Waals surface area contributed by atoms with Crippen LogP contribution in [0, 0.1) is 46.5 Å². The minimum absolute atomic E-state index is 0. The van der Waals surface area contributed by atoms with Crippen molar-refractivity contribution in [1.82, 2.24) is 69.9 Å². The van der Waals surface area contributed by atoms with Crippen molar-refractivity contribution in [3.8, 4) is 56.8 Å². The predicted molar refractivity (Wildman–Crippen MR) is 512 cm³/mol. The highest BCUT2D eigenvalue weighted by Gasteiger charge is 2.52. The average molecular weight is 1990 g/mol. The quantitative estimate of drug-likeness (QED) is 0.0303. The number of nitrogens with one attached hydrogen (secondary N) is 5. The van der Waals surface area contributed by atoms with Gasteiger partial charge in [-0.1, -0.05) is 11.6 Å². The number of halogens is 12. The third-order valence-electron chi connectivity index (χ3n) is 22.3. The summed E-state index contributed by atoms with van der Waals surface area (Å²) in [6, 6.07) is 23.3. The molecule has 32 nitrogen and oxygen atoms in total. The number of nitrogen functional groups attached to an aromatic ring is 1. The smallest absolute Gasteiger partial charge is 0.486 e. The van der Waals surface area contributed by atoms with Gasteiger partial charge in [0.1, 0.15) is 72.2 Å². The molecule has 4 saturated heterocycles. The van der Waals surface area contributed by atoms with Crippen LogP contribution in [0.3, 0.4) is 0 Å². The van der Waals surface area contributed by atoms with E-state index in [9.17, 15) is 44.7 Å². The summed E-state index contributed by atoms with van der Waals surface area (Å²) >= 11 is 16.1. The van der Waals surface area contributed by atoms with E-state index >= 15 is 0 Å². The largest absolute Gasteiger partial charge is 0.495 e. The summed E-state index contributed by atoms with van der Waals surface area (Å²) in [5, 5.41) is 15.2. The number of amides is 2. The van der Waals surface area contributed by atoms with Crippen molar-refractivity contribution in [1.29, 1.82) is 0 Å². The van der Waals surface area contributed by atoms with E-state index < -0.39 is 70.2 Å². The fourth-order valence-corrected chi connectivity index (χ4v) is 15.3. The first-order valence-corrected chi connectivity index (χ1v) is 45.2. The van der Waals surface area contributed by atoms with Crippen LogP contribution < -0.4 is 71.4 Å². The molecule has 0 unspecified atom stereocenters. The van der Waals surface area contributed by atoms with Gasteiger partial charge in [-0.3, -0.25) is 9.97 Å². The van der Waals surface area contributed by atoms with Crippen LogP contribution in [0.1, 0.15) is 92.3 Å². The number of carbonyl (C=O) groups excluding carboxylic acids is 2. The second-order valence-electron chi connectivity index (χ2n) is 35.1. The van der Waals surface area contributed by atoms with E-state index in [4.69, 9.17) is 78.3 Å². The van der Waals surface area contributed by atoms with E-state index in [0.29, 0.717) is 161 Å². The third-order valence-corrected chi connectivity index (χ3v) is 22.9. The third kappa shape index (κ3) is 26.8. The lowest BCUT2D eigenvalue weighted by molar-refractivity contribution is 0.00578. The monoisotopic (exact) mass is 1990 g/mol. The number of nitrogens with two attached hydrogens (primary N) is 1. The normalized spacial score (nSPS) is 15.9. The molecule has 7 aromatic heterocycles. The Bertz CT molecular complexity index is 6090. The number of ether oxygens (including phenoxy) is 6. The number of piperazine rings is 3. The molecule has 11 aromatic rings. The second kappa shape index (κ2) is 45.3. The van der Waals surface area contributed by atoms with Crippen LogP contribution in [-0.2, 0) is 31.6 Å². The SMILES string of the molecule is CC(C)(C)OC(=O)N1CCN(c2ccc(Cc3ncc(F)c(-c4cc(F)c5c(c4)NCCO5)n3)nc2)CC1.CC(C)(C)OC(=O)N1CCN(c2ccc(N)nc2)CC1.CC1(C)OB(c2cc(F)c3c(c2)NCCO3)OC1(C)C.Cl.Fc1cnc(Cc2ccc(N3CCNCC3)cn2)nc1-c1cc(F)c2c(c1)NCCO2.Fc1cnc(Cl)nc1-c1cc(F)c2c(c1)NCCO2.Fc1cnc(Cl)nc1Cl. The van der Waals surface area contributed by atoms with Crippen LogP contribution >= 0.6 is 47.2 Å². The Balaban J connectivity index is 0.000000145. The summed E-state index contributed by atoms with van der Waals surface area (Å²) in [6.07, 6.45) is 9.55. The van der Waals surface area contributed by atoms with Crippen molar-refractivity contribution in [2.45, 2.75) is 104 Å². The fraction of sp³-hybridized carbons (Fsp3) is 0.387. The molecular formula is C93H103BCl4F8N22O10. The summed E-state index contributed by atoms with van der Waals surface area (Å²) in [6.45, 7) is 32.1. The zero-order chi connectivity index (χ0) is 97.6. The maximum Gasteiger partial charge on any atom is 0.495 e. The molecule has 15 heterocycles. The number of benzene rings is 4. The maximum atomic E-state index is 14.6. The Kier molecular flexibility index (Phi) is 33.7. The number of anilines is 8. The number of carbonyl (C=O) groups is 2. The van der Waals surface area contributed by atoms with Crippen molar-refractivity contribution in [3.05, 3.63) is 214 Å². The molecule has 0 atom stereocenters. The van der Waals surface area contributed by atoms with Gasteiger partial charge >= 0.3 is 19.3 Å². The first-order chi connectivity index (χ1) is 65.3. The Labute approximate surface area is 813 Å². The van der Waals surface area contributed by atoms with Gasteiger partial charge in [0.15, 0.2) is 74.7 Å². The zero-order valence-electron chi connectivity index (χ0n) is 77.1. The molecule has 0 aliphatic carbocycles. The van der Waals surface area contributed by atoms with Crippen molar-refractivity contribution < 1.29 is 82.4 Å². The first kappa shape index (κ1) is 103. The highest BCUT2D eigenvalue weighted by Crippen LogP contribution is 2.42. The minimum atomic E-state index is -0.666. The molecule has 8 aliphatic rings. The van der Waals surface area contributed by atoms with E-state index in [2.05, 4.69) is 96.1 Å². The van der Waals surface area contributed by atoms with Gasteiger partial charge in [0, 0.05) is 133 Å². The van der Waals surface area contributed by atoms with Crippen molar-refractivity contribution in [2.24, 2.45) is 0 Å². The Morgan fingerprint density at radius 1 is 0.413 bits per heavy atom.